The van der Waals surface area contributed by atoms with Crippen LogP contribution < -0.4 is 5.32 Å². The molecule has 1 heteroatoms. The third kappa shape index (κ3) is 4.13. The van der Waals surface area contributed by atoms with Gasteiger partial charge in [-0.15, -0.1) is 6.42 Å². The highest BCUT2D eigenvalue weighted by atomic mass is 14.9. The zero-order valence-corrected chi connectivity index (χ0v) is 13.8. The molecular formula is C23H21N. The lowest BCUT2D eigenvalue weighted by Gasteiger charge is -2.20. The highest BCUT2D eigenvalue weighted by Gasteiger charge is 2.12. The van der Waals surface area contributed by atoms with Gasteiger partial charge in [-0.3, -0.25) is 5.32 Å². The summed E-state index contributed by atoms with van der Waals surface area (Å²) in [6.07, 6.45) is 5.62. The van der Waals surface area contributed by atoms with Crippen LogP contribution in [0, 0.1) is 12.3 Å². The van der Waals surface area contributed by atoms with Crippen molar-refractivity contribution in [1.82, 2.24) is 5.32 Å². The van der Waals surface area contributed by atoms with Gasteiger partial charge in [0.15, 0.2) is 0 Å². The van der Waals surface area contributed by atoms with Gasteiger partial charge in [0.25, 0.3) is 0 Å². The molecule has 2 atom stereocenters. The molecule has 4 rings (SSSR count). The standard InChI is InChI=1S/C17H17N.C6H4/c1-3-17(16-12-8-5-9-13-16)18-14(2)15-10-6-4-7-11-15;1-2-5-4-6(5)3-1/h1,4-14,17-18H,2H3;1-4H. The monoisotopic (exact) mass is 311 g/mol. The van der Waals surface area contributed by atoms with Gasteiger partial charge in [-0.25, -0.2) is 0 Å². The number of hydrogen-bond acceptors (Lipinski definition) is 1. The van der Waals surface area contributed by atoms with Gasteiger partial charge in [-0.1, -0.05) is 84.8 Å². The van der Waals surface area contributed by atoms with E-state index in [1.165, 1.54) is 16.7 Å². The molecule has 0 heterocycles. The lowest BCUT2D eigenvalue weighted by molar-refractivity contribution is 0.537. The summed E-state index contributed by atoms with van der Waals surface area (Å²) < 4.78 is 0. The molecule has 118 valence electrons. The first-order valence-electron chi connectivity index (χ1n) is 8.20. The second kappa shape index (κ2) is 7.64. The van der Waals surface area contributed by atoms with Crippen LogP contribution in [0.1, 0.15) is 30.1 Å². The Labute approximate surface area is 144 Å². The van der Waals surface area contributed by atoms with Gasteiger partial charge in [0, 0.05) is 6.04 Å². The zero-order chi connectivity index (χ0) is 16.8. The number of hydrogen-bond donors (Lipinski definition) is 1. The average Bonchev–Trinajstić information content (AvgIpc) is 3.26. The van der Waals surface area contributed by atoms with E-state index in [-0.39, 0.29) is 12.1 Å². The maximum Gasteiger partial charge on any atom is 0.0947 e. The largest absolute Gasteiger partial charge is 0.293 e. The fourth-order valence-electron chi connectivity index (χ4n) is 2.65. The topological polar surface area (TPSA) is 12.0 Å². The van der Waals surface area contributed by atoms with Crippen LogP contribution in [0.5, 0.6) is 0 Å². The Bertz CT molecular complexity index is 798. The van der Waals surface area contributed by atoms with E-state index in [2.05, 4.69) is 66.7 Å². The predicted molar refractivity (Wildman–Crippen MR) is 101 cm³/mol. The Morgan fingerprint density at radius 1 is 0.750 bits per heavy atom. The lowest BCUT2D eigenvalue weighted by Crippen LogP contribution is -2.23. The normalized spacial score (nSPS) is 13.0. The van der Waals surface area contributed by atoms with Crippen molar-refractivity contribution in [2.24, 2.45) is 0 Å². The van der Waals surface area contributed by atoms with Crippen molar-refractivity contribution in [3.05, 3.63) is 96.1 Å². The molecule has 0 saturated carbocycles. The third-order valence-corrected chi connectivity index (χ3v) is 4.13. The second-order valence-corrected chi connectivity index (χ2v) is 5.89. The van der Waals surface area contributed by atoms with Gasteiger partial charge in [0.2, 0.25) is 0 Å². The molecule has 0 spiro atoms. The molecule has 2 aliphatic carbocycles. The Morgan fingerprint density at radius 2 is 1.29 bits per heavy atom. The maximum atomic E-state index is 5.62. The first-order chi connectivity index (χ1) is 11.8. The van der Waals surface area contributed by atoms with Crippen molar-refractivity contribution in [3.8, 4) is 23.5 Å². The van der Waals surface area contributed by atoms with Crippen molar-refractivity contribution < 1.29 is 0 Å². The highest BCUT2D eigenvalue weighted by Crippen LogP contribution is 2.32. The number of terminal acetylenes is 1. The number of rotatable bonds is 4. The van der Waals surface area contributed by atoms with Crippen molar-refractivity contribution in [3.63, 3.8) is 0 Å². The minimum Gasteiger partial charge on any atom is -0.293 e. The SMILES string of the molecule is C#CC(NC(C)c1ccccc1)c1ccccc1.c1cc2cc-2c1. The van der Waals surface area contributed by atoms with Crippen LogP contribution in [0.15, 0.2) is 84.9 Å². The predicted octanol–water partition coefficient (Wildman–Crippen LogP) is 5.38. The first kappa shape index (κ1) is 16.1. The van der Waals surface area contributed by atoms with E-state index in [0.717, 1.165) is 5.56 Å². The molecule has 2 aromatic carbocycles. The Morgan fingerprint density at radius 3 is 1.71 bits per heavy atom. The van der Waals surface area contributed by atoms with Gasteiger partial charge in [-0.05, 0) is 35.2 Å². The van der Waals surface area contributed by atoms with Crippen LogP contribution in [-0.2, 0) is 0 Å². The van der Waals surface area contributed by atoms with E-state index < -0.39 is 0 Å². The molecule has 2 unspecified atom stereocenters. The molecule has 24 heavy (non-hydrogen) atoms. The van der Waals surface area contributed by atoms with Crippen LogP contribution in [-0.4, -0.2) is 0 Å². The smallest absolute Gasteiger partial charge is 0.0947 e. The lowest BCUT2D eigenvalue weighted by atomic mass is 10.0. The summed E-state index contributed by atoms with van der Waals surface area (Å²) in [6.45, 7) is 2.13. The minimum atomic E-state index is -0.0543. The van der Waals surface area contributed by atoms with Crippen LogP contribution in [0.3, 0.4) is 0 Å². The first-order valence-corrected chi connectivity index (χ1v) is 8.20. The van der Waals surface area contributed by atoms with E-state index in [4.69, 9.17) is 6.42 Å². The molecule has 0 aliphatic heterocycles. The summed E-state index contributed by atoms with van der Waals surface area (Å²) in [4.78, 5) is 0. The average molecular weight is 311 g/mol. The van der Waals surface area contributed by atoms with Crippen molar-refractivity contribution in [2.45, 2.75) is 19.0 Å². The van der Waals surface area contributed by atoms with Crippen molar-refractivity contribution in [2.75, 3.05) is 0 Å². The maximum absolute atomic E-state index is 5.62. The van der Waals surface area contributed by atoms with E-state index in [0.29, 0.717) is 0 Å². The van der Waals surface area contributed by atoms with Crippen LogP contribution in [0.4, 0.5) is 0 Å². The van der Waals surface area contributed by atoms with Gasteiger partial charge in [0.1, 0.15) is 0 Å². The molecule has 0 aromatic heterocycles. The molecule has 2 aromatic rings. The van der Waals surface area contributed by atoms with Gasteiger partial charge >= 0.3 is 0 Å². The molecule has 0 bridgehead atoms. The van der Waals surface area contributed by atoms with Crippen molar-refractivity contribution >= 4 is 0 Å². The molecule has 0 fully saturated rings. The summed E-state index contributed by atoms with van der Waals surface area (Å²) in [5.41, 5.74) is 5.22. The summed E-state index contributed by atoms with van der Waals surface area (Å²) in [5.74, 6) is 2.81. The second-order valence-electron chi connectivity index (χ2n) is 5.89. The van der Waals surface area contributed by atoms with Crippen molar-refractivity contribution in [1.29, 1.82) is 0 Å². The van der Waals surface area contributed by atoms with Gasteiger partial charge < -0.3 is 0 Å². The van der Waals surface area contributed by atoms with Crippen LogP contribution in [0.25, 0.3) is 11.1 Å². The molecule has 1 nitrogen and oxygen atoms in total. The highest BCUT2D eigenvalue weighted by molar-refractivity contribution is 5.80. The summed E-state index contributed by atoms with van der Waals surface area (Å²) in [5, 5.41) is 3.46. The van der Waals surface area contributed by atoms with Gasteiger partial charge in [-0.2, -0.15) is 0 Å². The fourth-order valence-corrected chi connectivity index (χ4v) is 2.65. The fraction of sp³-hybridized carbons (Fsp3) is 0.130. The van der Waals surface area contributed by atoms with E-state index in [1.807, 2.05) is 36.4 Å². The number of nitrogens with one attached hydrogen (secondary N) is 1. The molecule has 1 N–H and O–H groups in total. The number of benzene rings is 3. The molecule has 0 radical (unpaired) electrons. The number of fused-ring (bicyclic) bond motifs is 1. The van der Waals surface area contributed by atoms with Gasteiger partial charge in [0.05, 0.1) is 6.04 Å². The third-order valence-electron chi connectivity index (χ3n) is 4.13. The summed E-state index contributed by atoms with van der Waals surface area (Å²) in [6, 6.07) is 29.1. The Balaban J connectivity index is 0.000000231. The zero-order valence-electron chi connectivity index (χ0n) is 13.8. The Kier molecular flexibility index (Phi) is 5.11. The van der Waals surface area contributed by atoms with Crippen LogP contribution >= 0.6 is 0 Å². The molecule has 0 saturated heterocycles. The van der Waals surface area contributed by atoms with Crippen LogP contribution in [0.2, 0.25) is 0 Å². The van der Waals surface area contributed by atoms with E-state index in [9.17, 15) is 0 Å². The van der Waals surface area contributed by atoms with E-state index in [1.54, 1.807) is 0 Å². The Hall–Kier alpha value is -2.82. The minimum absolute atomic E-state index is 0.0543. The summed E-state index contributed by atoms with van der Waals surface area (Å²) >= 11 is 0. The molecule has 2 aliphatic rings. The summed E-state index contributed by atoms with van der Waals surface area (Å²) in [7, 11) is 0. The molecular weight excluding hydrogens is 290 g/mol. The quantitative estimate of drug-likeness (QED) is 0.499. The van der Waals surface area contributed by atoms with E-state index >= 15 is 0 Å². The molecule has 0 amide bonds.